The monoisotopic (exact) mass is 473 g/mol. The van der Waals surface area contributed by atoms with Crippen LogP contribution in [0.1, 0.15) is 35.4 Å². The molecule has 1 aliphatic rings. The predicted molar refractivity (Wildman–Crippen MR) is 124 cm³/mol. The molecule has 3 rings (SSSR count). The van der Waals surface area contributed by atoms with Crippen LogP contribution in [-0.4, -0.2) is 68.0 Å². The van der Waals surface area contributed by atoms with Gasteiger partial charge in [0.25, 0.3) is 0 Å². The lowest BCUT2D eigenvalue weighted by Gasteiger charge is -2.27. The quantitative estimate of drug-likeness (QED) is 0.608. The zero-order valence-corrected chi connectivity index (χ0v) is 20.5. The zero-order chi connectivity index (χ0) is 24.2. The smallest absolute Gasteiger partial charge is 0.248 e. The van der Waals surface area contributed by atoms with Gasteiger partial charge in [-0.2, -0.15) is 9.57 Å². The molecule has 1 fully saturated rings. The van der Waals surface area contributed by atoms with Gasteiger partial charge in [-0.05, 0) is 63.9 Å². The Hall–Kier alpha value is -2.74. The minimum Gasteiger partial charge on any atom is -0.360 e. The number of carbonyl (C=O) groups is 1. The maximum absolute atomic E-state index is 13.2. The molecule has 0 N–H and O–H groups in total. The third-order valence-corrected chi connectivity index (χ3v) is 7.88. The second-order valence-electron chi connectivity index (χ2n) is 8.49. The van der Waals surface area contributed by atoms with Gasteiger partial charge in [-0.3, -0.25) is 9.69 Å². The van der Waals surface area contributed by atoms with Crippen molar-refractivity contribution in [3.05, 3.63) is 40.8 Å². The first-order valence-corrected chi connectivity index (χ1v) is 12.5. The standard InChI is InChI=1S/C23H31N5O4S/c1-17-13-18(2)15-21(14-17)28(10-5-7-24)22(29)16-26-8-6-9-27(12-11-26)33(30,31)23-19(3)25-32-20(23)4/h13-15H,5-6,8-12,16H2,1-4H3. The van der Waals surface area contributed by atoms with Gasteiger partial charge in [-0.15, -0.1) is 0 Å². The summed E-state index contributed by atoms with van der Waals surface area (Å²) in [7, 11) is -3.72. The Morgan fingerprint density at radius 1 is 1.12 bits per heavy atom. The summed E-state index contributed by atoms with van der Waals surface area (Å²) in [6.45, 7) is 9.35. The van der Waals surface area contributed by atoms with Crippen molar-refractivity contribution in [1.29, 1.82) is 5.26 Å². The van der Waals surface area contributed by atoms with E-state index >= 15 is 0 Å². The number of rotatable bonds is 7. The van der Waals surface area contributed by atoms with Crippen LogP contribution in [0.5, 0.6) is 0 Å². The van der Waals surface area contributed by atoms with Crippen LogP contribution >= 0.6 is 0 Å². The molecule has 2 aromatic rings. The van der Waals surface area contributed by atoms with Gasteiger partial charge in [0.1, 0.15) is 10.6 Å². The molecule has 0 atom stereocenters. The molecule has 0 radical (unpaired) electrons. The van der Waals surface area contributed by atoms with Gasteiger partial charge in [-0.25, -0.2) is 8.42 Å². The fraction of sp³-hybridized carbons (Fsp3) is 0.522. The summed E-state index contributed by atoms with van der Waals surface area (Å²) in [5.74, 6) is 0.183. The van der Waals surface area contributed by atoms with Crippen molar-refractivity contribution >= 4 is 21.6 Å². The summed E-state index contributed by atoms with van der Waals surface area (Å²) < 4.78 is 32.8. The second-order valence-corrected chi connectivity index (χ2v) is 10.4. The summed E-state index contributed by atoms with van der Waals surface area (Å²) in [6, 6.07) is 8.05. The molecule has 0 saturated carbocycles. The van der Waals surface area contributed by atoms with Gasteiger partial charge in [0.2, 0.25) is 15.9 Å². The Morgan fingerprint density at radius 3 is 2.42 bits per heavy atom. The number of amides is 1. The maximum Gasteiger partial charge on any atom is 0.248 e. The Balaban J connectivity index is 1.71. The fourth-order valence-corrected chi connectivity index (χ4v) is 6.02. The minimum atomic E-state index is -3.72. The molecule has 1 saturated heterocycles. The van der Waals surface area contributed by atoms with E-state index in [1.165, 1.54) is 4.31 Å². The number of anilines is 1. The first-order chi connectivity index (χ1) is 15.6. The number of nitriles is 1. The number of sulfonamides is 1. The topological polar surface area (TPSA) is 111 Å². The first kappa shape index (κ1) is 24.9. The van der Waals surface area contributed by atoms with E-state index in [4.69, 9.17) is 9.78 Å². The SMILES string of the molecule is Cc1cc(C)cc(N(CCC#N)C(=O)CN2CCCN(S(=O)(=O)c3c(C)noc3C)CC2)c1. The molecule has 1 aliphatic heterocycles. The summed E-state index contributed by atoms with van der Waals surface area (Å²) >= 11 is 0. The van der Waals surface area contributed by atoms with Crippen LogP contribution in [0.25, 0.3) is 0 Å². The largest absolute Gasteiger partial charge is 0.360 e. The molecule has 178 valence electrons. The Bertz CT molecular complexity index is 1110. The predicted octanol–water partition coefficient (Wildman–Crippen LogP) is 2.55. The molecule has 1 aromatic carbocycles. The summed E-state index contributed by atoms with van der Waals surface area (Å²) in [6.07, 6.45) is 0.847. The van der Waals surface area contributed by atoms with E-state index in [9.17, 15) is 13.2 Å². The van der Waals surface area contributed by atoms with E-state index < -0.39 is 10.0 Å². The number of benzene rings is 1. The molecule has 0 bridgehead atoms. The van der Waals surface area contributed by atoms with Crippen LogP contribution in [-0.2, 0) is 14.8 Å². The Kier molecular flexibility index (Phi) is 7.89. The highest BCUT2D eigenvalue weighted by Gasteiger charge is 2.32. The molecular weight excluding hydrogens is 442 g/mol. The van der Waals surface area contributed by atoms with Crippen molar-refractivity contribution in [2.24, 2.45) is 0 Å². The van der Waals surface area contributed by atoms with Crippen molar-refractivity contribution in [2.75, 3.05) is 44.2 Å². The van der Waals surface area contributed by atoms with Crippen LogP contribution in [0.3, 0.4) is 0 Å². The summed E-state index contributed by atoms with van der Waals surface area (Å²) in [5.41, 5.74) is 3.24. The molecule has 9 nitrogen and oxygen atoms in total. The number of aromatic nitrogens is 1. The molecule has 33 heavy (non-hydrogen) atoms. The van der Waals surface area contributed by atoms with E-state index in [0.717, 1.165) is 16.8 Å². The highest BCUT2D eigenvalue weighted by Crippen LogP contribution is 2.24. The average molecular weight is 474 g/mol. The molecule has 10 heteroatoms. The van der Waals surface area contributed by atoms with E-state index in [-0.39, 0.29) is 36.1 Å². The van der Waals surface area contributed by atoms with Crippen LogP contribution in [0.15, 0.2) is 27.6 Å². The van der Waals surface area contributed by atoms with E-state index in [1.54, 1.807) is 18.7 Å². The zero-order valence-electron chi connectivity index (χ0n) is 19.7. The van der Waals surface area contributed by atoms with E-state index in [1.807, 2.05) is 36.9 Å². The highest BCUT2D eigenvalue weighted by atomic mass is 32.2. The number of nitrogens with zero attached hydrogens (tertiary/aromatic N) is 5. The van der Waals surface area contributed by atoms with Gasteiger partial charge in [-0.1, -0.05) is 11.2 Å². The van der Waals surface area contributed by atoms with Gasteiger partial charge >= 0.3 is 0 Å². The third-order valence-electron chi connectivity index (χ3n) is 5.74. The molecule has 2 heterocycles. The van der Waals surface area contributed by atoms with Crippen molar-refractivity contribution in [3.8, 4) is 6.07 Å². The van der Waals surface area contributed by atoms with Crippen LogP contribution in [0.2, 0.25) is 0 Å². The molecule has 0 unspecified atom stereocenters. The van der Waals surface area contributed by atoms with Gasteiger partial charge in [0, 0.05) is 31.9 Å². The molecule has 1 aromatic heterocycles. The molecule has 0 spiro atoms. The lowest BCUT2D eigenvalue weighted by Crippen LogP contribution is -2.42. The van der Waals surface area contributed by atoms with E-state index in [2.05, 4.69) is 11.2 Å². The maximum atomic E-state index is 13.2. The number of carbonyl (C=O) groups excluding carboxylic acids is 1. The van der Waals surface area contributed by atoms with Crippen LogP contribution in [0.4, 0.5) is 5.69 Å². The highest BCUT2D eigenvalue weighted by molar-refractivity contribution is 7.89. The number of hydrogen-bond acceptors (Lipinski definition) is 7. The van der Waals surface area contributed by atoms with Gasteiger partial charge in [0.05, 0.1) is 19.0 Å². The van der Waals surface area contributed by atoms with Gasteiger partial charge in [0.15, 0.2) is 5.76 Å². The number of hydrogen-bond donors (Lipinski definition) is 0. The van der Waals surface area contributed by atoms with Gasteiger partial charge < -0.3 is 9.42 Å². The normalized spacial score (nSPS) is 15.7. The minimum absolute atomic E-state index is 0.0997. The van der Waals surface area contributed by atoms with Crippen molar-refractivity contribution < 1.29 is 17.7 Å². The lowest BCUT2D eigenvalue weighted by atomic mass is 10.1. The Labute approximate surface area is 195 Å². The molecule has 0 aliphatic carbocycles. The van der Waals surface area contributed by atoms with Crippen molar-refractivity contribution in [2.45, 2.75) is 45.4 Å². The second kappa shape index (κ2) is 10.5. The fourth-order valence-electron chi connectivity index (χ4n) is 4.26. The molecular formula is C23H31N5O4S. The number of aryl methyl sites for hydroxylation is 4. The average Bonchev–Trinajstić information content (AvgIpc) is 2.93. The lowest BCUT2D eigenvalue weighted by molar-refractivity contribution is -0.119. The summed E-state index contributed by atoms with van der Waals surface area (Å²) in [4.78, 5) is 17.0. The Morgan fingerprint density at radius 2 is 1.82 bits per heavy atom. The van der Waals surface area contributed by atoms with Crippen molar-refractivity contribution in [1.82, 2.24) is 14.4 Å². The van der Waals surface area contributed by atoms with Crippen molar-refractivity contribution in [3.63, 3.8) is 0 Å². The third kappa shape index (κ3) is 5.79. The molecule has 1 amide bonds. The first-order valence-electron chi connectivity index (χ1n) is 11.0. The summed E-state index contributed by atoms with van der Waals surface area (Å²) in [5, 5.41) is 12.8. The van der Waals surface area contributed by atoms with Crippen LogP contribution in [0, 0.1) is 39.0 Å². The van der Waals surface area contributed by atoms with Crippen LogP contribution < -0.4 is 4.90 Å². The van der Waals surface area contributed by atoms with E-state index in [0.29, 0.717) is 38.3 Å².